The summed E-state index contributed by atoms with van der Waals surface area (Å²) in [4.78, 5) is 6.78. The van der Waals surface area contributed by atoms with Gasteiger partial charge in [0.1, 0.15) is 0 Å². The monoisotopic (exact) mass is 330 g/mol. The van der Waals surface area contributed by atoms with E-state index < -0.39 is 0 Å². The average molecular weight is 330 g/mol. The fraction of sp³-hybridized carbons (Fsp3) is 0.467. The lowest BCUT2D eigenvalue weighted by Gasteiger charge is -2.22. The van der Waals surface area contributed by atoms with Gasteiger partial charge in [0, 0.05) is 13.1 Å². The number of amidine groups is 1. The molecule has 7 nitrogen and oxygen atoms in total. The molecule has 1 fully saturated rings. The lowest BCUT2D eigenvalue weighted by molar-refractivity contribution is 0.315. The summed E-state index contributed by atoms with van der Waals surface area (Å²) in [6.45, 7) is 2.05. The molecule has 1 aliphatic rings. The molecule has 0 saturated carbocycles. The van der Waals surface area contributed by atoms with Crippen LogP contribution in [-0.4, -0.2) is 34.8 Å². The van der Waals surface area contributed by atoms with Crippen LogP contribution in [0.1, 0.15) is 25.7 Å². The number of hydrogen-bond donors (Lipinski definition) is 1. The van der Waals surface area contributed by atoms with Crippen molar-refractivity contribution in [3.8, 4) is 6.19 Å². The van der Waals surface area contributed by atoms with Gasteiger partial charge in [0.05, 0.1) is 11.4 Å². The van der Waals surface area contributed by atoms with E-state index in [1.54, 1.807) is 0 Å². The van der Waals surface area contributed by atoms with Crippen molar-refractivity contribution < 1.29 is 4.63 Å². The van der Waals surface area contributed by atoms with Crippen LogP contribution in [0.3, 0.4) is 0 Å². The van der Waals surface area contributed by atoms with Crippen molar-refractivity contribution >= 4 is 39.3 Å². The summed E-state index contributed by atoms with van der Waals surface area (Å²) in [6.07, 6.45) is 8.66. The maximum Gasteiger partial charge on any atom is 0.183 e. The predicted octanol–water partition coefficient (Wildman–Crippen LogP) is 3.02. The molecule has 0 bridgehead atoms. The quantitative estimate of drug-likeness (QED) is 0.392. The van der Waals surface area contributed by atoms with Gasteiger partial charge in [-0.1, -0.05) is 24.6 Å². The number of thioether (sulfide) groups is 1. The van der Waals surface area contributed by atoms with Gasteiger partial charge in [0.25, 0.3) is 0 Å². The third kappa shape index (κ3) is 3.40. The molecule has 2 aromatic rings. The minimum absolute atomic E-state index is 0.513. The van der Waals surface area contributed by atoms with Gasteiger partial charge < -0.3 is 4.90 Å². The number of benzene rings is 1. The first kappa shape index (κ1) is 15.6. The van der Waals surface area contributed by atoms with Crippen molar-refractivity contribution in [2.75, 3.05) is 24.2 Å². The van der Waals surface area contributed by atoms with Crippen LogP contribution in [-0.2, 0) is 0 Å². The minimum atomic E-state index is 0.513. The molecular weight excluding hydrogens is 312 g/mol. The number of nitrogens with zero attached hydrogens (tertiary/aromatic N) is 5. The second-order valence-electron chi connectivity index (χ2n) is 5.32. The molecule has 23 heavy (non-hydrogen) atoms. The summed E-state index contributed by atoms with van der Waals surface area (Å²) < 4.78 is 4.96. The fourth-order valence-corrected chi connectivity index (χ4v) is 3.12. The Balaban J connectivity index is 2.00. The highest BCUT2D eigenvalue weighted by Crippen LogP contribution is 2.33. The number of nitrogens with one attached hydrogen (secondary N) is 1. The van der Waals surface area contributed by atoms with Crippen molar-refractivity contribution in [3.05, 3.63) is 12.1 Å². The van der Waals surface area contributed by atoms with Crippen LogP contribution in [0.4, 0.5) is 11.4 Å². The molecule has 8 heteroatoms. The lowest BCUT2D eigenvalue weighted by atomic mass is 10.2. The largest absolute Gasteiger partial charge is 0.370 e. The highest BCUT2D eigenvalue weighted by molar-refractivity contribution is 8.13. The zero-order valence-corrected chi connectivity index (χ0v) is 13.8. The maximum atomic E-state index is 8.75. The molecule has 0 spiro atoms. The van der Waals surface area contributed by atoms with Crippen molar-refractivity contribution in [3.63, 3.8) is 0 Å². The van der Waals surface area contributed by atoms with Crippen LogP contribution in [0.5, 0.6) is 0 Å². The Kier molecular flexibility index (Phi) is 4.98. The van der Waals surface area contributed by atoms with Gasteiger partial charge in [-0.25, -0.2) is 9.62 Å². The van der Waals surface area contributed by atoms with E-state index in [9.17, 15) is 0 Å². The first-order valence-corrected chi connectivity index (χ1v) is 8.84. The molecule has 1 saturated heterocycles. The number of anilines is 1. The van der Waals surface area contributed by atoms with Gasteiger partial charge >= 0.3 is 0 Å². The Morgan fingerprint density at radius 3 is 2.70 bits per heavy atom. The Labute approximate surface area is 138 Å². The first-order valence-electron chi connectivity index (χ1n) is 7.61. The smallest absolute Gasteiger partial charge is 0.183 e. The number of hydrogen-bond acceptors (Lipinski definition) is 7. The standard InChI is InChI=1S/C15H18N6OS/c1-23-15(17-10-16)18-11-6-7-12(14-13(11)19-22-20-14)21-8-4-2-3-5-9-21/h6-7H,2-5,8-9H2,1H3,(H,17,18). The van der Waals surface area contributed by atoms with Crippen LogP contribution in [0.15, 0.2) is 21.8 Å². The second-order valence-corrected chi connectivity index (χ2v) is 6.12. The molecule has 0 radical (unpaired) electrons. The molecular formula is C15H18N6OS. The third-order valence-corrected chi connectivity index (χ3v) is 4.48. The van der Waals surface area contributed by atoms with Crippen LogP contribution in [0, 0.1) is 11.5 Å². The molecule has 120 valence electrons. The van der Waals surface area contributed by atoms with E-state index >= 15 is 0 Å². The van der Waals surface area contributed by atoms with Crippen LogP contribution in [0.25, 0.3) is 11.0 Å². The third-order valence-electron chi connectivity index (χ3n) is 3.90. The van der Waals surface area contributed by atoms with E-state index in [1.807, 2.05) is 24.6 Å². The Bertz CT molecular complexity index is 742. The average Bonchev–Trinajstić information content (AvgIpc) is 2.91. The summed E-state index contributed by atoms with van der Waals surface area (Å²) in [5, 5.41) is 19.9. The fourth-order valence-electron chi connectivity index (χ4n) is 2.78. The number of rotatable bonds is 2. The molecule has 0 unspecified atom stereocenters. The summed E-state index contributed by atoms with van der Waals surface area (Å²) >= 11 is 1.36. The van der Waals surface area contributed by atoms with Gasteiger partial charge in [0.15, 0.2) is 22.4 Å². The first-order chi connectivity index (χ1) is 11.3. The SMILES string of the molecule is CSC(=Nc1ccc(N2CCCCCC2)c2nonc12)NC#N. The van der Waals surface area contributed by atoms with Crippen molar-refractivity contribution in [2.24, 2.45) is 4.99 Å². The van der Waals surface area contributed by atoms with Gasteiger partial charge in [-0.05, 0) is 41.5 Å². The minimum Gasteiger partial charge on any atom is -0.370 e. The Morgan fingerprint density at radius 1 is 1.26 bits per heavy atom. The maximum absolute atomic E-state index is 8.75. The molecule has 1 N–H and O–H groups in total. The summed E-state index contributed by atoms with van der Waals surface area (Å²) in [6, 6.07) is 3.92. The van der Waals surface area contributed by atoms with E-state index in [0.29, 0.717) is 16.4 Å². The molecule has 1 aromatic carbocycles. The number of fused-ring (bicyclic) bond motifs is 1. The molecule has 1 aliphatic heterocycles. The molecule has 0 atom stereocenters. The second kappa shape index (κ2) is 7.33. The zero-order valence-electron chi connectivity index (χ0n) is 12.9. The van der Waals surface area contributed by atoms with Gasteiger partial charge in [0.2, 0.25) is 0 Å². The summed E-state index contributed by atoms with van der Waals surface area (Å²) in [5.41, 5.74) is 3.04. The summed E-state index contributed by atoms with van der Waals surface area (Å²) in [7, 11) is 0. The molecule has 1 aromatic heterocycles. The highest BCUT2D eigenvalue weighted by atomic mass is 32.2. The Hall–Kier alpha value is -2.27. The van der Waals surface area contributed by atoms with Crippen LogP contribution in [0.2, 0.25) is 0 Å². The van der Waals surface area contributed by atoms with Crippen LogP contribution < -0.4 is 10.2 Å². The molecule has 0 aliphatic carbocycles. The van der Waals surface area contributed by atoms with Gasteiger partial charge in [-0.15, -0.1) is 0 Å². The zero-order chi connectivity index (χ0) is 16.1. The molecule has 2 heterocycles. The van der Waals surface area contributed by atoms with E-state index in [0.717, 1.165) is 24.3 Å². The summed E-state index contributed by atoms with van der Waals surface area (Å²) in [5.74, 6) is 0. The van der Waals surface area contributed by atoms with E-state index in [1.165, 1.54) is 37.4 Å². The number of aliphatic imine (C=N–C) groups is 1. The van der Waals surface area contributed by atoms with E-state index in [2.05, 4.69) is 25.5 Å². The van der Waals surface area contributed by atoms with Gasteiger partial charge in [-0.3, -0.25) is 5.32 Å². The normalized spacial score (nSPS) is 16.2. The van der Waals surface area contributed by atoms with E-state index in [-0.39, 0.29) is 0 Å². The van der Waals surface area contributed by atoms with E-state index in [4.69, 9.17) is 9.89 Å². The Morgan fingerprint density at radius 2 is 2.00 bits per heavy atom. The topological polar surface area (TPSA) is 90.3 Å². The van der Waals surface area contributed by atoms with Gasteiger partial charge in [-0.2, -0.15) is 5.26 Å². The predicted molar refractivity (Wildman–Crippen MR) is 91.8 cm³/mol. The molecule has 0 amide bonds. The highest BCUT2D eigenvalue weighted by Gasteiger charge is 2.18. The lowest BCUT2D eigenvalue weighted by Crippen LogP contribution is -2.24. The van der Waals surface area contributed by atoms with Crippen molar-refractivity contribution in [1.29, 1.82) is 5.26 Å². The number of nitriles is 1. The van der Waals surface area contributed by atoms with Crippen LogP contribution >= 0.6 is 11.8 Å². The van der Waals surface area contributed by atoms with Crippen molar-refractivity contribution in [1.82, 2.24) is 15.6 Å². The number of aromatic nitrogens is 2. The molecule has 3 rings (SSSR count). The van der Waals surface area contributed by atoms with Crippen molar-refractivity contribution in [2.45, 2.75) is 25.7 Å².